The third kappa shape index (κ3) is 4.70. The molecular weight excluding hydrogens is 266 g/mol. The van der Waals surface area contributed by atoms with E-state index in [1.807, 2.05) is 11.8 Å². The van der Waals surface area contributed by atoms with Gasteiger partial charge < -0.3 is 15.5 Å². The second-order valence-electron chi connectivity index (χ2n) is 6.58. The lowest BCUT2D eigenvalue weighted by Crippen LogP contribution is -2.57. The second-order valence-corrected chi connectivity index (χ2v) is 6.58. The Bertz CT molecular complexity index is 367. The first-order valence-electron chi connectivity index (χ1n) is 8.38. The molecular formula is C16H29N3O2. The van der Waals surface area contributed by atoms with Gasteiger partial charge in [0.15, 0.2) is 0 Å². The van der Waals surface area contributed by atoms with Gasteiger partial charge in [0.1, 0.15) is 6.04 Å². The molecule has 1 aliphatic carbocycles. The lowest BCUT2D eigenvalue weighted by molar-refractivity contribution is -0.138. The Morgan fingerprint density at radius 1 is 1.29 bits per heavy atom. The molecule has 120 valence electrons. The Labute approximate surface area is 127 Å². The van der Waals surface area contributed by atoms with Gasteiger partial charge in [0, 0.05) is 32.1 Å². The lowest BCUT2D eigenvalue weighted by atomic mass is 9.87. The fraction of sp³-hybridized carbons (Fsp3) is 0.875. The molecule has 2 unspecified atom stereocenters. The van der Waals surface area contributed by atoms with Crippen LogP contribution in [0.4, 0.5) is 0 Å². The van der Waals surface area contributed by atoms with Gasteiger partial charge in [-0.3, -0.25) is 9.59 Å². The third-order valence-corrected chi connectivity index (χ3v) is 4.73. The van der Waals surface area contributed by atoms with Crippen LogP contribution in [0.5, 0.6) is 0 Å². The first kappa shape index (κ1) is 16.3. The van der Waals surface area contributed by atoms with E-state index in [4.69, 9.17) is 0 Å². The zero-order valence-corrected chi connectivity index (χ0v) is 13.4. The zero-order chi connectivity index (χ0) is 15.2. The average Bonchev–Trinajstić information content (AvgIpc) is 2.48. The van der Waals surface area contributed by atoms with Crippen molar-refractivity contribution in [3.63, 3.8) is 0 Å². The van der Waals surface area contributed by atoms with Crippen LogP contribution < -0.4 is 10.6 Å². The number of carbonyl (C=O) groups excluding carboxylic acids is 2. The number of piperazine rings is 1. The molecule has 5 heteroatoms. The van der Waals surface area contributed by atoms with Gasteiger partial charge in [-0.2, -0.15) is 0 Å². The number of nitrogens with zero attached hydrogens (tertiary/aromatic N) is 1. The number of hydrogen-bond donors (Lipinski definition) is 2. The maximum Gasteiger partial charge on any atom is 0.245 e. The molecule has 2 amide bonds. The summed E-state index contributed by atoms with van der Waals surface area (Å²) in [5.74, 6) is 0.589. The van der Waals surface area contributed by atoms with E-state index in [0.717, 1.165) is 32.5 Å². The fourth-order valence-electron chi connectivity index (χ4n) is 3.43. The smallest absolute Gasteiger partial charge is 0.245 e. The molecule has 1 heterocycles. The van der Waals surface area contributed by atoms with Crippen molar-refractivity contribution in [2.45, 2.75) is 64.5 Å². The summed E-state index contributed by atoms with van der Waals surface area (Å²) < 4.78 is 0. The summed E-state index contributed by atoms with van der Waals surface area (Å²) in [6.45, 7) is 6.23. The lowest BCUT2D eigenvalue weighted by Gasteiger charge is -2.35. The van der Waals surface area contributed by atoms with E-state index in [9.17, 15) is 9.59 Å². The second kappa shape index (κ2) is 7.78. The number of carbonyl (C=O) groups is 2. The van der Waals surface area contributed by atoms with Crippen molar-refractivity contribution in [1.82, 2.24) is 15.5 Å². The van der Waals surface area contributed by atoms with Crippen LogP contribution in [-0.2, 0) is 9.59 Å². The first-order chi connectivity index (χ1) is 10.1. The van der Waals surface area contributed by atoms with Crippen molar-refractivity contribution in [1.29, 1.82) is 0 Å². The van der Waals surface area contributed by atoms with Crippen LogP contribution in [-0.4, -0.2) is 48.4 Å². The highest BCUT2D eigenvalue weighted by Crippen LogP contribution is 2.26. The van der Waals surface area contributed by atoms with Gasteiger partial charge in [0.25, 0.3) is 0 Å². The summed E-state index contributed by atoms with van der Waals surface area (Å²) in [6.07, 6.45) is 6.67. The quantitative estimate of drug-likeness (QED) is 0.821. The normalized spacial score (nSPS) is 25.4. The molecule has 0 bridgehead atoms. The summed E-state index contributed by atoms with van der Waals surface area (Å²) >= 11 is 0. The van der Waals surface area contributed by atoms with Gasteiger partial charge in [-0.1, -0.05) is 19.3 Å². The van der Waals surface area contributed by atoms with E-state index in [1.165, 1.54) is 19.3 Å². The molecule has 0 aromatic rings. The summed E-state index contributed by atoms with van der Waals surface area (Å²) in [6, 6.07) is -0.217. The molecule has 5 nitrogen and oxygen atoms in total. The van der Waals surface area contributed by atoms with Crippen LogP contribution in [0.3, 0.4) is 0 Å². The van der Waals surface area contributed by atoms with Crippen LogP contribution in [0.2, 0.25) is 0 Å². The zero-order valence-electron chi connectivity index (χ0n) is 13.4. The van der Waals surface area contributed by atoms with Gasteiger partial charge in [-0.15, -0.1) is 0 Å². The van der Waals surface area contributed by atoms with Crippen molar-refractivity contribution >= 4 is 11.8 Å². The molecule has 21 heavy (non-hydrogen) atoms. The highest BCUT2D eigenvalue weighted by atomic mass is 16.2. The van der Waals surface area contributed by atoms with E-state index in [-0.39, 0.29) is 17.9 Å². The molecule has 1 saturated carbocycles. The van der Waals surface area contributed by atoms with Crippen molar-refractivity contribution in [2.75, 3.05) is 19.6 Å². The van der Waals surface area contributed by atoms with Crippen molar-refractivity contribution in [3.05, 3.63) is 0 Å². The third-order valence-electron chi connectivity index (χ3n) is 4.73. The average molecular weight is 295 g/mol. The number of rotatable bonds is 4. The minimum absolute atomic E-state index is 0.0329. The van der Waals surface area contributed by atoms with E-state index < -0.39 is 6.04 Å². The van der Waals surface area contributed by atoms with Gasteiger partial charge in [-0.25, -0.2) is 0 Å². The predicted molar refractivity (Wildman–Crippen MR) is 82.8 cm³/mol. The molecule has 1 saturated heterocycles. The number of amides is 2. The van der Waals surface area contributed by atoms with Gasteiger partial charge >= 0.3 is 0 Å². The minimum Gasteiger partial charge on any atom is -0.345 e. The van der Waals surface area contributed by atoms with E-state index in [0.29, 0.717) is 12.3 Å². The Morgan fingerprint density at radius 2 is 2.00 bits per heavy atom. The number of nitrogens with one attached hydrogen (secondary N) is 2. The van der Waals surface area contributed by atoms with E-state index >= 15 is 0 Å². The van der Waals surface area contributed by atoms with E-state index in [1.54, 1.807) is 6.92 Å². The maximum atomic E-state index is 12.4. The Kier molecular flexibility index (Phi) is 6.03. The predicted octanol–water partition coefficient (Wildman–Crippen LogP) is 1.28. The van der Waals surface area contributed by atoms with Crippen LogP contribution in [0.25, 0.3) is 0 Å². The van der Waals surface area contributed by atoms with Gasteiger partial charge in [-0.05, 0) is 32.6 Å². The molecule has 2 aliphatic rings. The molecule has 2 atom stereocenters. The van der Waals surface area contributed by atoms with Gasteiger partial charge in [0.05, 0.1) is 0 Å². The topological polar surface area (TPSA) is 61.4 Å². The van der Waals surface area contributed by atoms with E-state index in [2.05, 4.69) is 10.6 Å². The highest BCUT2D eigenvalue weighted by molar-refractivity contribution is 5.87. The van der Waals surface area contributed by atoms with Crippen LogP contribution >= 0.6 is 0 Å². The maximum absolute atomic E-state index is 12.4. The monoisotopic (exact) mass is 295 g/mol. The highest BCUT2D eigenvalue weighted by Gasteiger charge is 2.28. The molecule has 2 N–H and O–H groups in total. The van der Waals surface area contributed by atoms with Crippen molar-refractivity contribution in [2.24, 2.45) is 5.92 Å². The molecule has 2 fully saturated rings. The Balaban J connectivity index is 1.77. The first-order valence-corrected chi connectivity index (χ1v) is 8.38. The SMILES string of the molecule is CC(NC(=O)CC1CCCCC1)C(=O)N1CCNCC1C. The molecule has 0 radical (unpaired) electrons. The molecule has 1 aliphatic heterocycles. The fourth-order valence-corrected chi connectivity index (χ4v) is 3.43. The minimum atomic E-state index is -0.415. The van der Waals surface area contributed by atoms with Crippen LogP contribution in [0.15, 0.2) is 0 Å². The Hall–Kier alpha value is -1.10. The molecule has 2 rings (SSSR count). The Morgan fingerprint density at radius 3 is 2.67 bits per heavy atom. The summed E-state index contributed by atoms with van der Waals surface area (Å²) in [5, 5.41) is 6.17. The van der Waals surface area contributed by atoms with Crippen LogP contribution in [0.1, 0.15) is 52.4 Å². The summed E-state index contributed by atoms with van der Waals surface area (Å²) in [4.78, 5) is 26.4. The molecule has 0 spiro atoms. The van der Waals surface area contributed by atoms with Crippen molar-refractivity contribution in [3.8, 4) is 0 Å². The largest absolute Gasteiger partial charge is 0.345 e. The summed E-state index contributed by atoms with van der Waals surface area (Å²) in [7, 11) is 0. The van der Waals surface area contributed by atoms with Crippen molar-refractivity contribution < 1.29 is 9.59 Å². The molecule has 0 aromatic carbocycles. The molecule has 0 aromatic heterocycles. The number of hydrogen-bond acceptors (Lipinski definition) is 3. The van der Waals surface area contributed by atoms with Crippen LogP contribution in [0, 0.1) is 5.92 Å². The summed E-state index contributed by atoms with van der Waals surface area (Å²) in [5.41, 5.74) is 0. The standard InChI is InChI=1S/C16H29N3O2/c1-12-11-17-8-9-19(12)16(21)13(2)18-15(20)10-14-6-4-3-5-7-14/h12-14,17H,3-11H2,1-2H3,(H,18,20). The van der Waals surface area contributed by atoms with Gasteiger partial charge in [0.2, 0.25) is 11.8 Å².